The number of nitrogens with one attached hydrogen (secondary N) is 1. The second-order valence-corrected chi connectivity index (χ2v) is 5.05. The molecule has 1 saturated heterocycles. The molecule has 11 heavy (non-hydrogen) atoms. The fourth-order valence-corrected chi connectivity index (χ4v) is 2.74. The van der Waals surface area contributed by atoms with Crippen LogP contribution < -0.4 is 5.32 Å². The van der Waals surface area contributed by atoms with Crippen molar-refractivity contribution in [3.63, 3.8) is 0 Å². The number of fused-ring (bicyclic) bond motifs is 1. The van der Waals surface area contributed by atoms with Crippen LogP contribution in [0.5, 0.6) is 0 Å². The zero-order chi connectivity index (χ0) is 7.90. The van der Waals surface area contributed by atoms with E-state index in [9.17, 15) is 0 Å². The quantitative estimate of drug-likeness (QED) is 0.562. The van der Waals surface area contributed by atoms with Crippen LogP contribution in [0.3, 0.4) is 0 Å². The summed E-state index contributed by atoms with van der Waals surface area (Å²) in [5, 5.41) is 3.67. The number of hydrogen-bond donors (Lipinski definition) is 1. The lowest BCUT2D eigenvalue weighted by atomic mass is 9.77. The molecule has 0 aromatic heterocycles. The van der Waals surface area contributed by atoms with Crippen LogP contribution in [0.1, 0.15) is 39.5 Å². The lowest BCUT2D eigenvalue weighted by Crippen LogP contribution is -2.46. The van der Waals surface area contributed by atoms with Crippen LogP contribution in [-0.2, 0) is 0 Å². The second kappa shape index (κ2) is 2.48. The van der Waals surface area contributed by atoms with Crippen molar-refractivity contribution in [2.24, 2.45) is 11.3 Å². The van der Waals surface area contributed by atoms with Crippen molar-refractivity contribution in [3.8, 4) is 0 Å². The van der Waals surface area contributed by atoms with Crippen LogP contribution in [-0.4, -0.2) is 12.6 Å². The van der Waals surface area contributed by atoms with Gasteiger partial charge in [-0.3, -0.25) is 0 Å². The third-order valence-corrected chi connectivity index (χ3v) is 3.32. The van der Waals surface area contributed by atoms with Crippen molar-refractivity contribution in [1.82, 2.24) is 5.32 Å². The Morgan fingerprint density at radius 2 is 2.09 bits per heavy atom. The van der Waals surface area contributed by atoms with E-state index >= 15 is 0 Å². The van der Waals surface area contributed by atoms with Crippen LogP contribution in [0.4, 0.5) is 0 Å². The molecule has 1 aliphatic carbocycles. The molecule has 2 atom stereocenters. The van der Waals surface area contributed by atoms with Crippen LogP contribution in [0, 0.1) is 11.3 Å². The van der Waals surface area contributed by atoms with E-state index in [-0.39, 0.29) is 0 Å². The Kier molecular flexibility index (Phi) is 1.71. The number of rotatable bonds is 0. The number of hydrogen-bond acceptors (Lipinski definition) is 1. The van der Waals surface area contributed by atoms with E-state index in [1.165, 1.54) is 32.2 Å². The standard InChI is InChI=1S/C10H19N/c1-10(2)6-8-4-3-5-9(8)11-7-10/h8-9,11H,3-7H2,1-2H3/t8-,9+/m1/s1. The average Bonchev–Trinajstić information content (AvgIpc) is 2.31. The third kappa shape index (κ3) is 1.44. The highest BCUT2D eigenvalue weighted by Gasteiger charge is 2.36. The van der Waals surface area contributed by atoms with Gasteiger partial charge in [0.25, 0.3) is 0 Å². The van der Waals surface area contributed by atoms with Crippen LogP contribution in [0.25, 0.3) is 0 Å². The minimum absolute atomic E-state index is 0.561. The summed E-state index contributed by atoms with van der Waals surface area (Å²) in [5.41, 5.74) is 0.561. The van der Waals surface area contributed by atoms with Crippen molar-refractivity contribution in [1.29, 1.82) is 0 Å². The van der Waals surface area contributed by atoms with Gasteiger partial charge >= 0.3 is 0 Å². The lowest BCUT2D eigenvalue weighted by molar-refractivity contribution is 0.170. The van der Waals surface area contributed by atoms with Gasteiger partial charge in [-0.25, -0.2) is 0 Å². The van der Waals surface area contributed by atoms with Crippen LogP contribution >= 0.6 is 0 Å². The van der Waals surface area contributed by atoms with E-state index in [1.54, 1.807) is 0 Å². The monoisotopic (exact) mass is 153 g/mol. The Morgan fingerprint density at radius 3 is 2.91 bits per heavy atom. The van der Waals surface area contributed by atoms with Gasteiger partial charge in [-0.05, 0) is 30.6 Å². The molecule has 0 aromatic carbocycles. The first-order chi connectivity index (χ1) is 5.17. The van der Waals surface area contributed by atoms with Crippen molar-refractivity contribution < 1.29 is 0 Å². The first kappa shape index (κ1) is 7.60. The van der Waals surface area contributed by atoms with Gasteiger partial charge in [-0.15, -0.1) is 0 Å². The first-order valence-corrected chi connectivity index (χ1v) is 4.91. The molecule has 1 heteroatoms. The normalized spacial score (nSPS) is 42.0. The summed E-state index contributed by atoms with van der Waals surface area (Å²) in [6.07, 6.45) is 5.81. The molecule has 0 amide bonds. The van der Waals surface area contributed by atoms with Crippen molar-refractivity contribution in [2.75, 3.05) is 6.54 Å². The molecule has 1 heterocycles. The molecule has 0 spiro atoms. The minimum Gasteiger partial charge on any atom is -0.313 e. The van der Waals surface area contributed by atoms with Crippen molar-refractivity contribution in [3.05, 3.63) is 0 Å². The maximum Gasteiger partial charge on any atom is 0.00957 e. The Morgan fingerprint density at radius 1 is 1.27 bits per heavy atom. The molecule has 64 valence electrons. The van der Waals surface area contributed by atoms with E-state index < -0.39 is 0 Å². The zero-order valence-electron chi connectivity index (χ0n) is 7.69. The van der Waals surface area contributed by atoms with Crippen molar-refractivity contribution in [2.45, 2.75) is 45.6 Å². The van der Waals surface area contributed by atoms with Crippen LogP contribution in [0.15, 0.2) is 0 Å². The first-order valence-electron chi connectivity index (χ1n) is 4.91. The summed E-state index contributed by atoms with van der Waals surface area (Å²) in [6, 6.07) is 0.878. The Hall–Kier alpha value is -0.0400. The number of piperidine rings is 1. The molecule has 0 unspecified atom stereocenters. The van der Waals surface area contributed by atoms with E-state index in [0.29, 0.717) is 5.41 Å². The highest BCUT2D eigenvalue weighted by Crippen LogP contribution is 2.39. The fraction of sp³-hybridized carbons (Fsp3) is 1.00. The smallest absolute Gasteiger partial charge is 0.00957 e. The maximum absolute atomic E-state index is 3.67. The summed E-state index contributed by atoms with van der Waals surface area (Å²) in [6.45, 7) is 6.00. The summed E-state index contributed by atoms with van der Waals surface area (Å²) in [5.74, 6) is 0.999. The summed E-state index contributed by atoms with van der Waals surface area (Å²) < 4.78 is 0. The van der Waals surface area contributed by atoms with Gasteiger partial charge in [-0.2, -0.15) is 0 Å². The van der Waals surface area contributed by atoms with Gasteiger partial charge in [0.2, 0.25) is 0 Å². The molecule has 2 fully saturated rings. The molecule has 1 aliphatic heterocycles. The molecule has 1 nitrogen and oxygen atoms in total. The Balaban J connectivity index is 2.02. The fourth-order valence-electron chi connectivity index (χ4n) is 2.74. The Labute approximate surface area is 69.6 Å². The van der Waals surface area contributed by atoms with Gasteiger partial charge in [0, 0.05) is 12.6 Å². The van der Waals surface area contributed by atoms with Crippen LogP contribution in [0.2, 0.25) is 0 Å². The molecule has 0 bridgehead atoms. The molecule has 1 saturated carbocycles. The lowest BCUT2D eigenvalue weighted by Gasteiger charge is -2.38. The van der Waals surface area contributed by atoms with E-state index in [2.05, 4.69) is 19.2 Å². The largest absolute Gasteiger partial charge is 0.313 e. The van der Waals surface area contributed by atoms with Gasteiger partial charge in [-0.1, -0.05) is 20.3 Å². The molecular weight excluding hydrogens is 134 g/mol. The summed E-state index contributed by atoms with van der Waals surface area (Å²) >= 11 is 0. The minimum atomic E-state index is 0.561. The second-order valence-electron chi connectivity index (χ2n) is 5.05. The molecular formula is C10H19N. The van der Waals surface area contributed by atoms with Gasteiger partial charge < -0.3 is 5.32 Å². The SMILES string of the molecule is CC1(C)CN[C@H]2CCC[C@@H]2C1. The highest BCUT2D eigenvalue weighted by molar-refractivity contribution is 4.92. The molecule has 0 radical (unpaired) electrons. The molecule has 2 aliphatic rings. The highest BCUT2D eigenvalue weighted by atomic mass is 15.0. The molecule has 1 N–H and O–H groups in total. The predicted octanol–water partition coefficient (Wildman–Crippen LogP) is 2.17. The summed E-state index contributed by atoms with van der Waals surface area (Å²) in [7, 11) is 0. The molecule has 0 aromatic rings. The van der Waals surface area contributed by atoms with Gasteiger partial charge in [0.15, 0.2) is 0 Å². The van der Waals surface area contributed by atoms with Crippen molar-refractivity contribution >= 4 is 0 Å². The van der Waals surface area contributed by atoms with E-state index in [4.69, 9.17) is 0 Å². The Bertz CT molecular complexity index is 151. The topological polar surface area (TPSA) is 12.0 Å². The predicted molar refractivity (Wildman–Crippen MR) is 47.5 cm³/mol. The third-order valence-electron chi connectivity index (χ3n) is 3.32. The van der Waals surface area contributed by atoms with E-state index in [0.717, 1.165) is 12.0 Å². The zero-order valence-corrected chi connectivity index (χ0v) is 7.69. The average molecular weight is 153 g/mol. The van der Waals surface area contributed by atoms with Gasteiger partial charge in [0.1, 0.15) is 0 Å². The molecule has 2 rings (SSSR count). The maximum atomic E-state index is 3.67. The van der Waals surface area contributed by atoms with E-state index in [1.807, 2.05) is 0 Å². The van der Waals surface area contributed by atoms with Gasteiger partial charge in [0.05, 0.1) is 0 Å². The summed E-state index contributed by atoms with van der Waals surface area (Å²) in [4.78, 5) is 0.